The first-order valence-corrected chi connectivity index (χ1v) is 12.1. The van der Waals surface area contributed by atoms with E-state index in [4.69, 9.17) is 0 Å². The van der Waals surface area contributed by atoms with Crippen LogP contribution in [-0.4, -0.2) is 78.2 Å². The van der Waals surface area contributed by atoms with Crippen molar-refractivity contribution in [1.82, 2.24) is 19.7 Å². The van der Waals surface area contributed by atoms with Gasteiger partial charge in [-0.3, -0.25) is 19.4 Å². The number of carbonyl (C=O) groups excluding carboxylic acids is 1. The standard InChI is InChI=1S/C20H28N6O3S/c1-15-20(16(2)26(23-15)18-5-11-30(28,29)14-18)25-9-7-24(8-10-25)13-19(27)22-17-4-3-6-21-12-17/h3-4,6,12,18H,5,7-11,13-14H2,1-2H3,(H,22,27)/t18-/m1/s1. The minimum Gasteiger partial charge on any atom is -0.366 e. The first-order valence-electron chi connectivity index (χ1n) is 10.3. The molecule has 1 amide bonds. The molecular weight excluding hydrogens is 404 g/mol. The predicted octanol–water partition coefficient (Wildman–Crippen LogP) is 1.02. The van der Waals surface area contributed by atoms with Crippen molar-refractivity contribution < 1.29 is 13.2 Å². The molecule has 2 aliphatic heterocycles. The summed E-state index contributed by atoms with van der Waals surface area (Å²) in [7, 11) is -2.95. The van der Waals surface area contributed by atoms with Crippen LogP contribution in [0.5, 0.6) is 0 Å². The highest BCUT2D eigenvalue weighted by molar-refractivity contribution is 7.91. The molecule has 4 heterocycles. The van der Waals surface area contributed by atoms with Crippen molar-refractivity contribution in [3.05, 3.63) is 35.9 Å². The SMILES string of the molecule is Cc1nn([C@@H]2CCS(=O)(=O)C2)c(C)c1N1CCN(CC(=O)Nc2cccnc2)CC1. The molecular formula is C20H28N6O3S. The maximum Gasteiger partial charge on any atom is 0.238 e. The number of carbonyl (C=O) groups is 1. The van der Waals surface area contributed by atoms with Crippen molar-refractivity contribution in [2.45, 2.75) is 26.3 Å². The van der Waals surface area contributed by atoms with E-state index < -0.39 is 9.84 Å². The molecule has 1 N–H and O–H groups in total. The lowest BCUT2D eigenvalue weighted by Gasteiger charge is -2.35. The molecule has 0 radical (unpaired) electrons. The highest BCUT2D eigenvalue weighted by Crippen LogP contribution is 2.31. The third-order valence-electron chi connectivity index (χ3n) is 5.84. The molecule has 162 valence electrons. The molecule has 2 saturated heterocycles. The average Bonchev–Trinajstić information content (AvgIpc) is 3.21. The van der Waals surface area contributed by atoms with Gasteiger partial charge in [0.2, 0.25) is 5.91 Å². The monoisotopic (exact) mass is 432 g/mol. The highest BCUT2D eigenvalue weighted by atomic mass is 32.2. The lowest BCUT2D eigenvalue weighted by molar-refractivity contribution is -0.117. The number of hydrogen-bond donors (Lipinski definition) is 1. The number of aryl methyl sites for hydroxylation is 1. The Morgan fingerprint density at radius 3 is 2.63 bits per heavy atom. The van der Waals surface area contributed by atoms with Gasteiger partial charge in [0.15, 0.2) is 9.84 Å². The molecule has 2 aliphatic rings. The summed E-state index contributed by atoms with van der Waals surface area (Å²) in [4.78, 5) is 20.7. The van der Waals surface area contributed by atoms with Crippen molar-refractivity contribution in [3.63, 3.8) is 0 Å². The second kappa shape index (κ2) is 8.35. The summed E-state index contributed by atoms with van der Waals surface area (Å²) in [6, 6.07) is 3.54. The molecule has 30 heavy (non-hydrogen) atoms. The Balaban J connectivity index is 1.36. The number of anilines is 2. The molecule has 4 rings (SSSR count). The van der Waals surface area contributed by atoms with E-state index in [1.165, 1.54) is 0 Å². The summed E-state index contributed by atoms with van der Waals surface area (Å²) < 4.78 is 25.6. The van der Waals surface area contributed by atoms with Crippen LogP contribution in [0.2, 0.25) is 0 Å². The van der Waals surface area contributed by atoms with Crippen LogP contribution in [0.3, 0.4) is 0 Å². The second-order valence-electron chi connectivity index (χ2n) is 8.07. The molecule has 2 aromatic rings. The molecule has 0 unspecified atom stereocenters. The highest BCUT2D eigenvalue weighted by Gasteiger charge is 2.32. The van der Waals surface area contributed by atoms with Gasteiger partial charge in [0.05, 0.1) is 53.1 Å². The van der Waals surface area contributed by atoms with Crippen molar-refractivity contribution in [2.24, 2.45) is 0 Å². The van der Waals surface area contributed by atoms with E-state index in [0.717, 1.165) is 43.3 Å². The lowest BCUT2D eigenvalue weighted by Crippen LogP contribution is -2.49. The third-order valence-corrected chi connectivity index (χ3v) is 7.59. The first-order chi connectivity index (χ1) is 14.3. The zero-order chi connectivity index (χ0) is 21.3. The largest absolute Gasteiger partial charge is 0.366 e. The van der Waals surface area contributed by atoms with Crippen molar-refractivity contribution in [1.29, 1.82) is 0 Å². The molecule has 0 spiro atoms. The first kappa shape index (κ1) is 20.8. The Kier molecular flexibility index (Phi) is 5.79. The Morgan fingerprint density at radius 2 is 2.00 bits per heavy atom. The van der Waals surface area contributed by atoms with Crippen LogP contribution in [-0.2, 0) is 14.6 Å². The summed E-state index contributed by atoms with van der Waals surface area (Å²) in [6.45, 7) is 7.52. The topological polar surface area (TPSA) is 100 Å². The van der Waals surface area contributed by atoms with Gasteiger partial charge in [-0.25, -0.2) is 8.42 Å². The number of amides is 1. The van der Waals surface area contributed by atoms with Crippen LogP contribution in [0, 0.1) is 13.8 Å². The van der Waals surface area contributed by atoms with Crippen LogP contribution >= 0.6 is 0 Å². The predicted molar refractivity (Wildman–Crippen MR) is 116 cm³/mol. The van der Waals surface area contributed by atoms with E-state index >= 15 is 0 Å². The van der Waals surface area contributed by atoms with Gasteiger partial charge in [0, 0.05) is 32.4 Å². The van der Waals surface area contributed by atoms with Crippen LogP contribution in [0.4, 0.5) is 11.4 Å². The van der Waals surface area contributed by atoms with Gasteiger partial charge in [0.1, 0.15) is 0 Å². The fourth-order valence-corrected chi connectivity index (χ4v) is 6.10. The van der Waals surface area contributed by atoms with Gasteiger partial charge in [-0.2, -0.15) is 5.10 Å². The summed E-state index contributed by atoms with van der Waals surface area (Å²) in [5, 5.41) is 7.55. The van der Waals surface area contributed by atoms with E-state index in [9.17, 15) is 13.2 Å². The molecule has 0 saturated carbocycles. The van der Waals surface area contributed by atoms with Crippen LogP contribution in [0.1, 0.15) is 23.9 Å². The van der Waals surface area contributed by atoms with E-state index in [0.29, 0.717) is 18.7 Å². The summed E-state index contributed by atoms with van der Waals surface area (Å²) >= 11 is 0. The van der Waals surface area contributed by atoms with E-state index in [-0.39, 0.29) is 23.5 Å². The smallest absolute Gasteiger partial charge is 0.238 e. The van der Waals surface area contributed by atoms with Crippen molar-refractivity contribution >= 4 is 27.1 Å². The maximum absolute atomic E-state index is 12.3. The van der Waals surface area contributed by atoms with Crippen molar-refractivity contribution in [3.8, 4) is 0 Å². The number of pyridine rings is 1. The molecule has 0 bridgehead atoms. The molecule has 1 atom stereocenters. The number of rotatable bonds is 5. The zero-order valence-corrected chi connectivity index (χ0v) is 18.2. The Morgan fingerprint density at radius 1 is 1.23 bits per heavy atom. The normalized spacial score (nSPS) is 21.7. The van der Waals surface area contributed by atoms with Crippen LogP contribution < -0.4 is 10.2 Å². The number of piperazine rings is 1. The van der Waals surface area contributed by atoms with Crippen LogP contribution in [0.25, 0.3) is 0 Å². The molecule has 2 aromatic heterocycles. The Bertz CT molecular complexity index is 1010. The Hall–Kier alpha value is -2.46. The fraction of sp³-hybridized carbons (Fsp3) is 0.550. The second-order valence-corrected chi connectivity index (χ2v) is 10.3. The van der Waals surface area contributed by atoms with Gasteiger partial charge in [-0.05, 0) is 32.4 Å². The quantitative estimate of drug-likeness (QED) is 0.753. The van der Waals surface area contributed by atoms with Gasteiger partial charge in [0.25, 0.3) is 0 Å². The van der Waals surface area contributed by atoms with E-state index in [2.05, 4.69) is 25.2 Å². The zero-order valence-electron chi connectivity index (χ0n) is 17.4. The number of hydrogen-bond acceptors (Lipinski definition) is 7. The third kappa shape index (κ3) is 4.49. The van der Waals surface area contributed by atoms with Crippen molar-refractivity contribution in [2.75, 3.05) is 54.4 Å². The van der Waals surface area contributed by atoms with Gasteiger partial charge < -0.3 is 10.2 Å². The number of nitrogens with zero attached hydrogens (tertiary/aromatic N) is 5. The molecule has 9 nitrogen and oxygen atoms in total. The van der Waals surface area contributed by atoms with Crippen LogP contribution in [0.15, 0.2) is 24.5 Å². The molecule has 0 aromatic carbocycles. The molecule has 2 fully saturated rings. The number of sulfone groups is 1. The number of nitrogens with one attached hydrogen (secondary N) is 1. The van der Waals surface area contributed by atoms with E-state index in [1.54, 1.807) is 18.5 Å². The maximum atomic E-state index is 12.3. The molecule has 10 heteroatoms. The van der Waals surface area contributed by atoms with Gasteiger partial charge >= 0.3 is 0 Å². The summed E-state index contributed by atoms with van der Waals surface area (Å²) in [5.74, 6) is 0.374. The van der Waals surface area contributed by atoms with E-state index in [1.807, 2.05) is 24.6 Å². The minimum absolute atomic E-state index is 0.0425. The average molecular weight is 433 g/mol. The summed E-state index contributed by atoms with van der Waals surface area (Å²) in [6.07, 6.45) is 3.94. The summed E-state index contributed by atoms with van der Waals surface area (Å²) in [5.41, 5.74) is 3.75. The van der Waals surface area contributed by atoms with Gasteiger partial charge in [-0.15, -0.1) is 0 Å². The van der Waals surface area contributed by atoms with Gasteiger partial charge in [-0.1, -0.05) is 0 Å². The molecule has 0 aliphatic carbocycles. The fourth-order valence-electron chi connectivity index (χ4n) is 4.41. The number of aromatic nitrogens is 3. The lowest BCUT2D eigenvalue weighted by atomic mass is 10.2. The minimum atomic E-state index is -2.95. The Labute approximate surface area is 177 Å².